The minimum Gasteiger partial charge on any atom is -0.289 e. The van der Waals surface area contributed by atoms with E-state index in [1.807, 2.05) is 6.07 Å². The smallest absolute Gasteiger partial charge is 0.185 e. The fourth-order valence-electron chi connectivity index (χ4n) is 1.79. The average Bonchev–Trinajstić information content (AvgIpc) is 2.55. The Balaban J connectivity index is 2.32. The predicted molar refractivity (Wildman–Crippen MR) is 83.9 cm³/mol. The van der Waals surface area contributed by atoms with E-state index in [2.05, 4.69) is 20.1 Å². The van der Waals surface area contributed by atoms with Gasteiger partial charge in [-0.1, -0.05) is 58.8 Å². The van der Waals surface area contributed by atoms with E-state index < -0.39 is 0 Å². The Labute approximate surface area is 125 Å². The Morgan fingerprint density at radius 1 is 1.00 bits per heavy atom. The molecule has 0 aliphatic rings. The van der Waals surface area contributed by atoms with Crippen molar-refractivity contribution in [3.63, 3.8) is 0 Å². The molecule has 0 saturated carbocycles. The summed E-state index contributed by atoms with van der Waals surface area (Å²) in [5.41, 5.74) is 18.7. The van der Waals surface area contributed by atoms with Crippen LogP contribution in [0.1, 0.15) is 15.9 Å². The second-order valence-electron chi connectivity index (χ2n) is 4.19. The van der Waals surface area contributed by atoms with Crippen LogP contribution >= 0.6 is 0 Å². The summed E-state index contributed by atoms with van der Waals surface area (Å²) in [5.74, 6) is -0.161. The molecule has 0 bridgehead atoms. The lowest BCUT2D eigenvalue weighted by molar-refractivity contribution is 0.104. The van der Waals surface area contributed by atoms with Crippen molar-refractivity contribution in [2.24, 2.45) is 10.2 Å². The van der Waals surface area contributed by atoms with Crippen LogP contribution in [0.25, 0.3) is 27.0 Å². The molecule has 0 aromatic heterocycles. The van der Waals surface area contributed by atoms with Crippen molar-refractivity contribution < 1.29 is 4.79 Å². The van der Waals surface area contributed by atoms with E-state index >= 15 is 0 Å². The summed E-state index contributed by atoms with van der Waals surface area (Å²) in [5, 5.41) is 6.97. The minimum absolute atomic E-state index is 0.161. The van der Waals surface area contributed by atoms with E-state index in [1.165, 1.54) is 12.1 Å². The molecule has 0 saturated heterocycles. The Morgan fingerprint density at radius 3 is 2.41 bits per heavy atom. The number of ketones is 1. The standard InChI is InChI=1S/C15H10N6O/c16-20-18-13-8-6-11(14(10-13)19-21-17)7-9-15(22)12-4-2-1-3-5-12/h1-10H. The van der Waals surface area contributed by atoms with E-state index in [0.717, 1.165) is 0 Å². The van der Waals surface area contributed by atoms with Gasteiger partial charge in [0.25, 0.3) is 0 Å². The summed E-state index contributed by atoms with van der Waals surface area (Å²) >= 11 is 0. The number of hydrogen-bond acceptors (Lipinski definition) is 3. The van der Waals surface area contributed by atoms with Gasteiger partial charge in [-0.2, -0.15) is 0 Å². The van der Waals surface area contributed by atoms with Crippen molar-refractivity contribution >= 4 is 23.2 Å². The van der Waals surface area contributed by atoms with Crippen molar-refractivity contribution in [3.8, 4) is 0 Å². The zero-order valence-electron chi connectivity index (χ0n) is 11.4. The van der Waals surface area contributed by atoms with E-state index in [-0.39, 0.29) is 11.5 Å². The topological polar surface area (TPSA) is 115 Å². The maximum absolute atomic E-state index is 12.0. The van der Waals surface area contributed by atoms with Crippen molar-refractivity contribution in [2.75, 3.05) is 0 Å². The van der Waals surface area contributed by atoms with E-state index in [9.17, 15) is 4.79 Å². The fourth-order valence-corrected chi connectivity index (χ4v) is 1.79. The number of carbonyl (C=O) groups excluding carboxylic acids is 1. The first-order valence-corrected chi connectivity index (χ1v) is 6.26. The summed E-state index contributed by atoms with van der Waals surface area (Å²) in [6, 6.07) is 13.5. The molecule has 0 spiro atoms. The molecular weight excluding hydrogens is 280 g/mol. The Kier molecular flexibility index (Phi) is 4.94. The van der Waals surface area contributed by atoms with Gasteiger partial charge in [0, 0.05) is 26.8 Å². The zero-order chi connectivity index (χ0) is 15.8. The molecule has 0 N–H and O–H groups in total. The van der Waals surface area contributed by atoms with Crippen LogP contribution < -0.4 is 0 Å². The molecule has 22 heavy (non-hydrogen) atoms. The zero-order valence-corrected chi connectivity index (χ0v) is 11.4. The lowest BCUT2D eigenvalue weighted by atomic mass is 10.1. The fraction of sp³-hybridized carbons (Fsp3) is 0. The molecule has 0 unspecified atom stereocenters. The number of rotatable bonds is 5. The summed E-state index contributed by atoms with van der Waals surface area (Å²) in [6.45, 7) is 0. The predicted octanol–water partition coefficient (Wildman–Crippen LogP) is 5.47. The summed E-state index contributed by atoms with van der Waals surface area (Å²) in [7, 11) is 0. The van der Waals surface area contributed by atoms with Gasteiger partial charge in [-0.05, 0) is 28.8 Å². The SMILES string of the molecule is [N-]=[N+]=Nc1ccc(C=CC(=O)c2ccccc2)c(N=[N+]=[N-])c1. The quantitative estimate of drug-likeness (QED) is 0.235. The molecule has 2 rings (SSSR count). The van der Waals surface area contributed by atoms with Crippen LogP contribution in [0.15, 0.2) is 64.8 Å². The molecule has 0 heterocycles. The largest absolute Gasteiger partial charge is 0.289 e. The molecule has 0 fully saturated rings. The monoisotopic (exact) mass is 290 g/mol. The molecule has 2 aromatic rings. The molecular formula is C15H10N6O. The third kappa shape index (κ3) is 3.74. The van der Waals surface area contributed by atoms with Gasteiger partial charge in [0.2, 0.25) is 0 Å². The summed E-state index contributed by atoms with van der Waals surface area (Å²) in [4.78, 5) is 17.4. The van der Waals surface area contributed by atoms with Crippen molar-refractivity contribution in [3.05, 3.63) is 86.6 Å². The highest BCUT2D eigenvalue weighted by atomic mass is 16.1. The molecule has 7 heteroatoms. The highest BCUT2D eigenvalue weighted by Crippen LogP contribution is 2.27. The van der Waals surface area contributed by atoms with Gasteiger partial charge < -0.3 is 0 Å². The van der Waals surface area contributed by atoms with Crippen LogP contribution in [0.3, 0.4) is 0 Å². The first-order valence-electron chi connectivity index (χ1n) is 6.26. The Hall–Kier alpha value is -3.53. The van der Waals surface area contributed by atoms with Crippen LogP contribution in [0.5, 0.6) is 0 Å². The molecule has 0 amide bonds. The van der Waals surface area contributed by atoms with Gasteiger partial charge in [0.15, 0.2) is 5.78 Å². The third-order valence-electron chi connectivity index (χ3n) is 2.80. The molecule has 7 nitrogen and oxygen atoms in total. The highest BCUT2D eigenvalue weighted by Gasteiger charge is 2.02. The number of carbonyl (C=O) groups is 1. The van der Waals surface area contributed by atoms with Gasteiger partial charge in [-0.3, -0.25) is 4.79 Å². The van der Waals surface area contributed by atoms with E-state index in [4.69, 9.17) is 11.1 Å². The number of azide groups is 2. The number of hydrogen-bond donors (Lipinski definition) is 0. The second kappa shape index (κ2) is 7.31. The number of benzene rings is 2. The van der Waals surface area contributed by atoms with Gasteiger partial charge in [0.05, 0.1) is 0 Å². The maximum Gasteiger partial charge on any atom is 0.185 e. The molecule has 106 valence electrons. The lowest BCUT2D eigenvalue weighted by Crippen LogP contribution is -1.92. The number of nitrogens with zero attached hydrogens (tertiary/aromatic N) is 6. The highest BCUT2D eigenvalue weighted by molar-refractivity contribution is 6.07. The van der Waals surface area contributed by atoms with Gasteiger partial charge in [-0.25, -0.2) is 0 Å². The minimum atomic E-state index is -0.161. The summed E-state index contributed by atoms with van der Waals surface area (Å²) < 4.78 is 0. The van der Waals surface area contributed by atoms with Crippen molar-refractivity contribution in [2.45, 2.75) is 0 Å². The molecule has 0 aliphatic carbocycles. The van der Waals surface area contributed by atoms with Crippen LogP contribution in [0, 0.1) is 0 Å². The molecule has 2 aromatic carbocycles. The van der Waals surface area contributed by atoms with Crippen LogP contribution in [-0.4, -0.2) is 5.78 Å². The van der Waals surface area contributed by atoms with E-state index in [0.29, 0.717) is 16.8 Å². The number of allylic oxidation sites excluding steroid dienone is 1. The average molecular weight is 290 g/mol. The Morgan fingerprint density at radius 2 is 1.73 bits per heavy atom. The van der Waals surface area contributed by atoms with Gasteiger partial charge in [0.1, 0.15) is 0 Å². The van der Waals surface area contributed by atoms with Crippen molar-refractivity contribution in [1.29, 1.82) is 0 Å². The van der Waals surface area contributed by atoms with Crippen LogP contribution in [0.2, 0.25) is 0 Å². The van der Waals surface area contributed by atoms with Crippen LogP contribution in [-0.2, 0) is 0 Å². The van der Waals surface area contributed by atoms with Crippen molar-refractivity contribution in [1.82, 2.24) is 0 Å². The molecule has 0 aliphatic heterocycles. The van der Waals surface area contributed by atoms with Crippen LogP contribution in [0.4, 0.5) is 11.4 Å². The van der Waals surface area contributed by atoms with Gasteiger partial charge >= 0.3 is 0 Å². The first-order chi connectivity index (χ1) is 10.7. The van der Waals surface area contributed by atoms with Gasteiger partial charge in [-0.15, -0.1) is 0 Å². The van der Waals surface area contributed by atoms with E-state index in [1.54, 1.807) is 42.5 Å². The molecule has 0 radical (unpaired) electrons. The summed E-state index contributed by atoms with van der Waals surface area (Å²) in [6.07, 6.45) is 2.95. The lowest BCUT2D eigenvalue weighted by Gasteiger charge is -2.01. The second-order valence-corrected chi connectivity index (χ2v) is 4.19. The molecule has 0 atom stereocenters. The maximum atomic E-state index is 12.0. The third-order valence-corrected chi connectivity index (χ3v) is 2.80. The first kappa shape index (κ1) is 14.9. The Bertz CT molecular complexity index is 815. The normalized spacial score (nSPS) is 9.82.